The predicted molar refractivity (Wildman–Crippen MR) is 80.1 cm³/mol. The van der Waals surface area contributed by atoms with Crippen LogP contribution in [0.5, 0.6) is 0 Å². The summed E-state index contributed by atoms with van der Waals surface area (Å²) >= 11 is 6.95. The highest BCUT2D eigenvalue weighted by molar-refractivity contribution is 7.18. The number of fused-ring (bicyclic) bond motifs is 1. The Balaban J connectivity index is 1.87. The highest BCUT2D eigenvalue weighted by Gasteiger charge is 2.32. The molecule has 1 aromatic heterocycles. The predicted octanol–water partition coefficient (Wildman–Crippen LogP) is 2.88. The van der Waals surface area contributed by atoms with Crippen LogP contribution in [0.4, 0.5) is 5.69 Å². The molecule has 0 unspecified atom stereocenters. The maximum Gasteiger partial charge on any atom is 0.265 e. The average molecular weight is 321 g/mol. The molecule has 0 saturated carbocycles. The first-order valence-electron chi connectivity index (χ1n) is 6.00. The van der Waals surface area contributed by atoms with Crippen LogP contribution in [0, 0.1) is 0 Å². The van der Waals surface area contributed by atoms with Crippen LogP contribution < -0.4 is 5.32 Å². The van der Waals surface area contributed by atoms with Crippen LogP contribution in [0.2, 0.25) is 4.34 Å². The van der Waals surface area contributed by atoms with Crippen molar-refractivity contribution in [2.24, 2.45) is 0 Å². The Bertz CT molecular complexity index is 784. The Hall–Kier alpha value is -2.18. The number of halogens is 1. The fraction of sp³-hybridized carbons (Fsp3) is 0.0714. The molecule has 0 aliphatic carbocycles. The molecule has 1 aromatic carbocycles. The Morgan fingerprint density at radius 2 is 1.86 bits per heavy atom. The highest BCUT2D eigenvalue weighted by atomic mass is 35.5. The number of thiophene rings is 1. The zero-order chi connectivity index (χ0) is 15.1. The summed E-state index contributed by atoms with van der Waals surface area (Å²) in [5.74, 6) is -1.01. The van der Waals surface area contributed by atoms with Gasteiger partial charge in [-0.25, -0.2) is 0 Å². The quantitative estimate of drug-likeness (QED) is 0.865. The van der Waals surface area contributed by atoms with Gasteiger partial charge in [-0.1, -0.05) is 11.6 Å². The van der Waals surface area contributed by atoms with E-state index in [9.17, 15) is 14.4 Å². The number of rotatable bonds is 2. The van der Waals surface area contributed by atoms with Gasteiger partial charge in [-0.2, -0.15) is 0 Å². The third-order valence-corrected chi connectivity index (χ3v) is 4.37. The van der Waals surface area contributed by atoms with E-state index in [4.69, 9.17) is 11.6 Å². The molecule has 1 N–H and O–H groups in total. The topological polar surface area (TPSA) is 66.5 Å². The minimum absolute atomic E-state index is 0.296. The second kappa shape index (κ2) is 4.98. The van der Waals surface area contributed by atoms with Crippen LogP contribution in [0.3, 0.4) is 0 Å². The summed E-state index contributed by atoms with van der Waals surface area (Å²) in [4.78, 5) is 37.2. The van der Waals surface area contributed by atoms with Crippen LogP contribution in [-0.2, 0) is 0 Å². The van der Waals surface area contributed by atoms with Gasteiger partial charge in [-0.05, 0) is 30.3 Å². The number of hydrogen-bond acceptors (Lipinski definition) is 4. The van der Waals surface area contributed by atoms with E-state index in [1.54, 1.807) is 18.2 Å². The molecule has 21 heavy (non-hydrogen) atoms. The van der Waals surface area contributed by atoms with Crippen molar-refractivity contribution in [1.82, 2.24) is 4.90 Å². The second-order valence-electron chi connectivity index (χ2n) is 4.49. The Morgan fingerprint density at radius 1 is 1.14 bits per heavy atom. The molecule has 7 heteroatoms. The second-order valence-corrected chi connectivity index (χ2v) is 6.20. The smallest absolute Gasteiger partial charge is 0.265 e. The van der Waals surface area contributed by atoms with E-state index in [0.29, 0.717) is 26.0 Å². The monoisotopic (exact) mass is 320 g/mol. The first-order valence-corrected chi connectivity index (χ1v) is 7.20. The lowest BCUT2D eigenvalue weighted by Crippen LogP contribution is -2.24. The Labute approximate surface area is 129 Å². The van der Waals surface area contributed by atoms with Gasteiger partial charge in [-0.3, -0.25) is 19.3 Å². The maximum absolute atomic E-state index is 12.0. The number of imide groups is 1. The zero-order valence-corrected chi connectivity index (χ0v) is 12.4. The summed E-state index contributed by atoms with van der Waals surface area (Å²) in [5, 5.41) is 2.68. The van der Waals surface area contributed by atoms with E-state index in [-0.39, 0.29) is 17.7 Å². The molecule has 2 heterocycles. The normalized spacial score (nSPS) is 13.5. The SMILES string of the molecule is CN1C(=O)c2ccc(NC(=O)c3ccc(Cl)s3)cc2C1=O. The van der Waals surface area contributed by atoms with E-state index >= 15 is 0 Å². The fourth-order valence-electron chi connectivity index (χ4n) is 2.07. The van der Waals surface area contributed by atoms with Gasteiger partial charge in [0.05, 0.1) is 20.3 Å². The van der Waals surface area contributed by atoms with Gasteiger partial charge in [0.2, 0.25) is 0 Å². The van der Waals surface area contributed by atoms with Gasteiger partial charge in [0.25, 0.3) is 17.7 Å². The number of nitrogens with zero attached hydrogens (tertiary/aromatic N) is 1. The van der Waals surface area contributed by atoms with Crippen LogP contribution in [-0.4, -0.2) is 29.7 Å². The molecular formula is C14H9ClN2O3S. The lowest BCUT2D eigenvalue weighted by molar-refractivity contribution is 0.0692. The van der Waals surface area contributed by atoms with Crippen molar-refractivity contribution >= 4 is 46.3 Å². The van der Waals surface area contributed by atoms with Crippen LogP contribution in [0.25, 0.3) is 0 Å². The molecule has 0 fully saturated rings. The van der Waals surface area contributed by atoms with E-state index in [2.05, 4.69) is 5.32 Å². The van der Waals surface area contributed by atoms with Crippen molar-refractivity contribution in [3.8, 4) is 0 Å². The highest BCUT2D eigenvalue weighted by Crippen LogP contribution is 2.26. The van der Waals surface area contributed by atoms with Gasteiger partial charge in [0.15, 0.2) is 0 Å². The number of carbonyl (C=O) groups excluding carboxylic acids is 3. The lowest BCUT2D eigenvalue weighted by atomic mass is 10.1. The fourth-order valence-corrected chi connectivity index (χ4v) is 3.01. The lowest BCUT2D eigenvalue weighted by Gasteiger charge is -2.04. The Morgan fingerprint density at radius 3 is 2.52 bits per heavy atom. The molecule has 106 valence electrons. The molecule has 3 rings (SSSR count). The first kappa shape index (κ1) is 13.8. The molecule has 0 bridgehead atoms. The standard InChI is InChI=1S/C14H9ClN2O3S/c1-17-13(19)8-3-2-7(6-9(8)14(17)20)16-12(18)10-4-5-11(15)21-10/h2-6H,1H3,(H,16,18). The molecule has 5 nitrogen and oxygen atoms in total. The molecule has 0 saturated heterocycles. The number of carbonyl (C=O) groups is 3. The number of nitrogens with one attached hydrogen (secondary N) is 1. The van der Waals surface area contributed by atoms with E-state index in [1.165, 1.54) is 30.5 Å². The van der Waals surface area contributed by atoms with E-state index < -0.39 is 0 Å². The van der Waals surface area contributed by atoms with Crippen molar-refractivity contribution in [2.75, 3.05) is 12.4 Å². The van der Waals surface area contributed by atoms with Crippen LogP contribution in [0.15, 0.2) is 30.3 Å². The molecule has 3 amide bonds. The molecule has 1 aliphatic rings. The van der Waals surface area contributed by atoms with Gasteiger partial charge < -0.3 is 5.32 Å². The molecule has 0 spiro atoms. The summed E-state index contributed by atoms with van der Waals surface area (Å²) in [6.07, 6.45) is 0. The number of anilines is 1. The third kappa shape index (κ3) is 2.32. The summed E-state index contributed by atoms with van der Waals surface area (Å²) in [5.41, 5.74) is 1.10. The number of benzene rings is 1. The van der Waals surface area contributed by atoms with Crippen molar-refractivity contribution in [1.29, 1.82) is 0 Å². The third-order valence-electron chi connectivity index (χ3n) is 3.14. The summed E-state index contributed by atoms with van der Waals surface area (Å²) in [6, 6.07) is 7.90. The number of amides is 3. The summed E-state index contributed by atoms with van der Waals surface area (Å²) in [6.45, 7) is 0. The summed E-state index contributed by atoms with van der Waals surface area (Å²) < 4.78 is 0.525. The van der Waals surface area contributed by atoms with Crippen LogP contribution in [0.1, 0.15) is 30.4 Å². The first-order chi connectivity index (χ1) is 9.97. The van der Waals surface area contributed by atoms with Gasteiger partial charge in [0, 0.05) is 12.7 Å². The van der Waals surface area contributed by atoms with Gasteiger partial charge in [0.1, 0.15) is 0 Å². The van der Waals surface area contributed by atoms with E-state index in [1.807, 2.05) is 0 Å². The molecule has 0 radical (unpaired) electrons. The van der Waals surface area contributed by atoms with Crippen molar-refractivity contribution in [3.63, 3.8) is 0 Å². The molecule has 1 aliphatic heterocycles. The maximum atomic E-state index is 12.0. The minimum Gasteiger partial charge on any atom is -0.321 e. The number of hydrogen-bond donors (Lipinski definition) is 1. The van der Waals surface area contributed by atoms with Crippen molar-refractivity contribution in [2.45, 2.75) is 0 Å². The minimum atomic E-state index is -0.370. The van der Waals surface area contributed by atoms with Crippen LogP contribution >= 0.6 is 22.9 Å². The zero-order valence-electron chi connectivity index (χ0n) is 10.8. The van der Waals surface area contributed by atoms with Gasteiger partial charge in [-0.15, -0.1) is 11.3 Å². The molecule has 2 aromatic rings. The molecular weight excluding hydrogens is 312 g/mol. The molecule has 0 atom stereocenters. The average Bonchev–Trinajstić information content (AvgIpc) is 2.98. The van der Waals surface area contributed by atoms with E-state index in [0.717, 1.165) is 4.90 Å². The van der Waals surface area contributed by atoms with Crippen molar-refractivity contribution < 1.29 is 14.4 Å². The summed E-state index contributed by atoms with van der Waals surface area (Å²) in [7, 11) is 1.43. The Kier molecular flexibility index (Phi) is 3.27. The van der Waals surface area contributed by atoms with Gasteiger partial charge >= 0.3 is 0 Å². The largest absolute Gasteiger partial charge is 0.321 e. The van der Waals surface area contributed by atoms with Crippen molar-refractivity contribution in [3.05, 3.63) is 50.7 Å².